The highest BCUT2D eigenvalue weighted by Gasteiger charge is 2.27. The molecule has 4 amide bonds. The van der Waals surface area contributed by atoms with Gasteiger partial charge in [0.15, 0.2) is 0 Å². The third-order valence-electron chi connectivity index (χ3n) is 10.7. The second kappa shape index (κ2) is 45.5. The van der Waals surface area contributed by atoms with Crippen molar-refractivity contribution in [2.24, 2.45) is 0 Å². The van der Waals surface area contributed by atoms with Gasteiger partial charge in [-0.2, -0.15) is 0 Å². The van der Waals surface area contributed by atoms with Gasteiger partial charge < -0.3 is 81.2 Å². The van der Waals surface area contributed by atoms with Crippen molar-refractivity contribution in [2.45, 2.75) is 168 Å². The molecule has 21 nitrogen and oxygen atoms in total. The molecule has 0 aromatic carbocycles. The zero-order chi connectivity index (χ0) is 54.6. The van der Waals surface area contributed by atoms with Crippen LogP contribution in [-0.2, 0) is 71.5 Å². The highest BCUT2D eigenvalue weighted by atomic mass is 35.5. The quantitative estimate of drug-likeness (QED) is 0.0328. The third-order valence-corrected chi connectivity index (χ3v) is 10.7. The second-order valence-electron chi connectivity index (χ2n) is 20.7. The summed E-state index contributed by atoms with van der Waals surface area (Å²) in [5, 5.41) is 19.6. The van der Waals surface area contributed by atoms with E-state index in [2.05, 4.69) is 21.3 Å². The van der Waals surface area contributed by atoms with E-state index in [4.69, 9.17) is 43.0 Å². The number of amides is 4. The van der Waals surface area contributed by atoms with Crippen LogP contribution in [0, 0.1) is 0 Å². The van der Waals surface area contributed by atoms with Crippen molar-refractivity contribution >= 4 is 41.5 Å². The Balaban J connectivity index is 0. The highest BCUT2D eigenvalue weighted by molar-refractivity contribution is 5.85. The van der Waals surface area contributed by atoms with Crippen LogP contribution in [0.25, 0.3) is 0 Å². The minimum Gasteiger partial charge on any atom is -1.00 e. The van der Waals surface area contributed by atoms with Crippen molar-refractivity contribution in [1.82, 2.24) is 21.3 Å². The number of likely N-dealkylation sites (N-methyl/N-ethyl adjacent to an activating group) is 1. The first-order valence-electron chi connectivity index (χ1n) is 26.6. The van der Waals surface area contributed by atoms with Crippen molar-refractivity contribution < 1.29 is 93.5 Å². The Labute approximate surface area is 449 Å². The van der Waals surface area contributed by atoms with Crippen molar-refractivity contribution in [1.29, 1.82) is 0 Å². The van der Waals surface area contributed by atoms with Gasteiger partial charge in [0.25, 0.3) is 0 Å². The molecule has 0 aromatic heterocycles. The predicted octanol–water partition coefficient (Wildman–Crippen LogP) is 1.40. The van der Waals surface area contributed by atoms with Gasteiger partial charge in [-0.05, 0) is 60.8 Å². The maximum absolute atomic E-state index is 12.9. The lowest BCUT2D eigenvalue weighted by Gasteiger charge is -2.29. The lowest BCUT2D eigenvalue weighted by atomic mass is 10.0. The van der Waals surface area contributed by atoms with Gasteiger partial charge in [-0.25, -0.2) is 4.79 Å². The molecule has 0 aliphatic carbocycles. The number of halogens is 1. The van der Waals surface area contributed by atoms with Gasteiger partial charge >= 0.3 is 17.9 Å². The number of carbonyl (C=O) groups excluding carboxylic acids is 6. The summed E-state index contributed by atoms with van der Waals surface area (Å²) in [5.41, 5.74) is -1.18. The Hall–Kier alpha value is -3.70. The van der Waals surface area contributed by atoms with E-state index in [1.165, 1.54) is 32.1 Å². The summed E-state index contributed by atoms with van der Waals surface area (Å²) in [6, 6.07) is -0.945. The van der Waals surface area contributed by atoms with Crippen molar-refractivity contribution in [3.05, 3.63) is 0 Å². The monoisotopic (exact) mass is 1080 g/mol. The number of unbranched alkanes of at least 4 members (excludes halogenated alkanes) is 11. The molecule has 0 fully saturated rings. The minimum absolute atomic E-state index is 0. The number of nitrogens with zero attached hydrogens (tertiary/aromatic N) is 1. The molecule has 0 saturated heterocycles. The zero-order valence-electron chi connectivity index (χ0n) is 46.5. The lowest BCUT2D eigenvalue weighted by Crippen LogP contribution is -3.00. The van der Waals surface area contributed by atoms with E-state index in [0.29, 0.717) is 56.7 Å². The SMILES string of the molecule is CC(C)(C)OC(=O)CCCCCCCCCCCCCCC(=O)N[C@@H](CCC(=O)NCCOCCOCC(=O)NCCOCCOCC(=O)NCC[N+](C)(C)CCOCCOCCC(=O)O)C(=O)OC(C)(C)C.[Cl-]. The first kappa shape index (κ1) is 72.4. The number of nitrogens with one attached hydrogen (secondary N) is 4. The fourth-order valence-corrected chi connectivity index (χ4v) is 6.77. The molecule has 0 rings (SSSR count). The zero-order valence-corrected chi connectivity index (χ0v) is 47.3. The molecule has 0 spiro atoms. The number of esters is 2. The topological polar surface area (TPSA) is 262 Å². The van der Waals surface area contributed by atoms with Gasteiger partial charge in [0.1, 0.15) is 37.0 Å². The van der Waals surface area contributed by atoms with E-state index in [9.17, 15) is 33.6 Å². The molecule has 22 heteroatoms. The Bertz CT molecular complexity index is 1510. The van der Waals surface area contributed by atoms with E-state index in [-0.39, 0.29) is 134 Å². The van der Waals surface area contributed by atoms with Crippen molar-refractivity contribution in [3.8, 4) is 0 Å². The van der Waals surface area contributed by atoms with Crippen LogP contribution in [0.1, 0.15) is 151 Å². The summed E-state index contributed by atoms with van der Waals surface area (Å²) >= 11 is 0. The number of hydrogen-bond acceptors (Lipinski definition) is 15. The molecule has 0 bridgehead atoms. The van der Waals surface area contributed by atoms with Gasteiger partial charge in [-0.15, -0.1) is 0 Å². The van der Waals surface area contributed by atoms with E-state index in [0.717, 1.165) is 45.1 Å². The Kier molecular flexibility index (Phi) is 44.5. The van der Waals surface area contributed by atoms with Gasteiger partial charge in [0.05, 0.1) is 99.7 Å². The van der Waals surface area contributed by atoms with Crippen LogP contribution in [0.4, 0.5) is 0 Å². The predicted molar refractivity (Wildman–Crippen MR) is 276 cm³/mol. The highest BCUT2D eigenvalue weighted by Crippen LogP contribution is 2.16. The van der Waals surface area contributed by atoms with Crippen LogP contribution in [0.5, 0.6) is 0 Å². The molecule has 74 heavy (non-hydrogen) atoms. The van der Waals surface area contributed by atoms with Crippen molar-refractivity contribution in [2.75, 3.05) is 126 Å². The third kappa shape index (κ3) is 51.8. The summed E-state index contributed by atoms with van der Waals surface area (Å²) in [4.78, 5) is 84.7. The van der Waals surface area contributed by atoms with Gasteiger partial charge in [-0.1, -0.05) is 64.2 Å². The van der Waals surface area contributed by atoms with Crippen LogP contribution in [0.3, 0.4) is 0 Å². The summed E-state index contributed by atoms with van der Waals surface area (Å²) in [7, 11) is 4.06. The normalized spacial score (nSPS) is 12.1. The van der Waals surface area contributed by atoms with Crippen LogP contribution >= 0.6 is 0 Å². The summed E-state index contributed by atoms with van der Waals surface area (Å²) in [6.07, 6.45) is 13.7. The smallest absolute Gasteiger partial charge is 0.329 e. The fraction of sp³-hybridized carbons (Fsp3) is 0.865. The number of carboxylic acids is 1. The number of quaternary nitrogens is 1. The minimum atomic E-state index is -0.945. The molecule has 0 aliphatic heterocycles. The summed E-state index contributed by atoms with van der Waals surface area (Å²) in [5.74, 6) is -2.68. The van der Waals surface area contributed by atoms with E-state index in [1.54, 1.807) is 20.8 Å². The number of hydrogen-bond donors (Lipinski definition) is 5. The number of carbonyl (C=O) groups is 7. The maximum Gasteiger partial charge on any atom is 0.329 e. The van der Waals surface area contributed by atoms with E-state index in [1.807, 2.05) is 34.9 Å². The van der Waals surface area contributed by atoms with Crippen LogP contribution in [0.15, 0.2) is 0 Å². The fourth-order valence-electron chi connectivity index (χ4n) is 6.77. The average molecular weight is 1080 g/mol. The molecule has 434 valence electrons. The Morgan fingerprint density at radius 3 is 1.35 bits per heavy atom. The Morgan fingerprint density at radius 1 is 0.446 bits per heavy atom. The lowest BCUT2D eigenvalue weighted by molar-refractivity contribution is -0.889. The average Bonchev–Trinajstić information content (AvgIpc) is 3.29. The maximum atomic E-state index is 12.9. The number of rotatable bonds is 48. The molecular weight excluding hydrogens is 986 g/mol. The molecule has 0 unspecified atom stereocenters. The molecular formula is C52H98ClN5O16. The van der Waals surface area contributed by atoms with Gasteiger partial charge in [0, 0.05) is 32.4 Å². The van der Waals surface area contributed by atoms with Crippen molar-refractivity contribution in [3.63, 3.8) is 0 Å². The van der Waals surface area contributed by atoms with Gasteiger partial charge in [-0.3, -0.25) is 28.8 Å². The Morgan fingerprint density at radius 2 is 0.865 bits per heavy atom. The first-order valence-corrected chi connectivity index (χ1v) is 26.6. The van der Waals surface area contributed by atoms with Crippen LogP contribution in [0.2, 0.25) is 0 Å². The van der Waals surface area contributed by atoms with Crippen LogP contribution < -0.4 is 33.7 Å². The van der Waals surface area contributed by atoms with Crippen LogP contribution in [-0.4, -0.2) is 194 Å². The molecule has 0 aromatic rings. The van der Waals surface area contributed by atoms with E-state index < -0.39 is 29.2 Å². The molecule has 0 heterocycles. The standard InChI is InChI=1S/C52H97N5O16.ClH/c1-51(2,3)72-49(64)22-20-18-16-14-12-10-9-11-13-15-17-19-21-45(59)56-43(50(65)73-52(4,5)6)23-24-44(58)54-27-32-67-37-40-71-42-47(61)55-28-33-68-38-39-70-41-46(60)53-26-29-57(7,8)30-34-69-36-35-66-31-25-48(62)63;/h43H,9-42H2,1-8H3,(H4-,53,54,55,56,58,59,60,61,62,63);1H/t43-;/m0./s1. The van der Waals surface area contributed by atoms with Gasteiger partial charge in [0.2, 0.25) is 23.6 Å². The second-order valence-corrected chi connectivity index (χ2v) is 20.7. The largest absolute Gasteiger partial charge is 1.00 e. The first-order chi connectivity index (χ1) is 34.6. The summed E-state index contributed by atoms with van der Waals surface area (Å²) < 4.78 is 43.9. The number of aliphatic carboxylic acids is 1. The molecule has 0 saturated carbocycles. The summed E-state index contributed by atoms with van der Waals surface area (Å²) in [6.45, 7) is 15.8. The molecule has 0 aliphatic rings. The molecule has 0 radical (unpaired) electrons. The number of carboxylic acid groups (broad SMARTS) is 1. The number of ether oxygens (including phenoxy) is 8. The van der Waals surface area contributed by atoms with E-state index >= 15 is 0 Å². The molecule has 5 N–H and O–H groups in total. The molecule has 1 atom stereocenters.